The Morgan fingerprint density at radius 1 is 0.565 bits per heavy atom. The van der Waals surface area contributed by atoms with Crippen LogP contribution in [0.25, 0.3) is 0 Å². The first-order chi connectivity index (χ1) is 21.9. The molecule has 0 N–H and O–H groups in total. The molecule has 4 nitrogen and oxygen atoms in total. The average molecular weight is 619 g/mol. The summed E-state index contributed by atoms with van der Waals surface area (Å²) in [6.07, 6.45) is 6.02. The van der Waals surface area contributed by atoms with E-state index in [1.807, 2.05) is 0 Å². The van der Waals surface area contributed by atoms with Crippen molar-refractivity contribution in [2.24, 2.45) is 45.3 Å². The molecule has 4 fully saturated rings. The quantitative estimate of drug-likeness (QED) is 0.236. The smallest absolute Gasteiger partial charge is 0.338 e. The summed E-state index contributed by atoms with van der Waals surface area (Å²) in [6.45, 7) is 14.1. The van der Waals surface area contributed by atoms with Gasteiger partial charge in [-0.1, -0.05) is 102 Å². The van der Waals surface area contributed by atoms with Gasteiger partial charge in [-0.3, -0.25) is 0 Å². The summed E-state index contributed by atoms with van der Waals surface area (Å²) in [5.74, 6) is 0.971. The van der Waals surface area contributed by atoms with Gasteiger partial charge >= 0.3 is 11.9 Å². The van der Waals surface area contributed by atoms with Crippen LogP contribution in [0.3, 0.4) is 0 Å². The van der Waals surface area contributed by atoms with Crippen LogP contribution in [0.2, 0.25) is 0 Å². The number of carbonyl (C=O) groups excluding carboxylic acids is 2. The van der Waals surface area contributed by atoms with Crippen molar-refractivity contribution in [2.45, 2.75) is 92.3 Å². The SMILES string of the molecule is CC1(C)[C@H]2CC[C@]1(C)[C@H](OC(=O)c1ccc(C(=O)O[C@@H]3[C@H](Cc4ccccc4)[C@@H]4CC[C@@]3(C)C4(C)C)cc1)[C@@H]2Cc1ccccc1. The van der Waals surface area contributed by atoms with E-state index in [1.165, 1.54) is 24.0 Å². The third-order valence-corrected chi connectivity index (χ3v) is 14.3. The van der Waals surface area contributed by atoms with Gasteiger partial charge in [0.05, 0.1) is 11.1 Å². The van der Waals surface area contributed by atoms with E-state index < -0.39 is 0 Å². The van der Waals surface area contributed by atoms with Gasteiger partial charge in [-0.25, -0.2) is 9.59 Å². The minimum absolute atomic E-state index is 0.0721. The summed E-state index contributed by atoms with van der Waals surface area (Å²) in [4.78, 5) is 27.3. The Labute approximate surface area is 275 Å². The molecular weight excluding hydrogens is 568 g/mol. The van der Waals surface area contributed by atoms with Gasteiger partial charge in [0.15, 0.2) is 0 Å². The lowest BCUT2D eigenvalue weighted by atomic mass is 9.70. The van der Waals surface area contributed by atoms with E-state index in [9.17, 15) is 9.59 Å². The Kier molecular flexibility index (Phi) is 7.53. The molecule has 0 saturated heterocycles. The van der Waals surface area contributed by atoms with Gasteiger partial charge in [-0.05, 0) is 96.6 Å². The summed E-state index contributed by atoms with van der Waals surface area (Å²) in [6, 6.07) is 28.1. The fraction of sp³-hybridized carbons (Fsp3) is 0.524. The summed E-state index contributed by atoms with van der Waals surface area (Å²) >= 11 is 0. The normalized spacial score (nSPS) is 34.8. The van der Waals surface area contributed by atoms with Crippen LogP contribution in [0.5, 0.6) is 0 Å². The van der Waals surface area contributed by atoms with E-state index in [4.69, 9.17) is 9.47 Å². The van der Waals surface area contributed by atoms with Crippen LogP contribution in [0, 0.1) is 45.3 Å². The lowest BCUT2D eigenvalue weighted by Crippen LogP contribution is -2.41. The van der Waals surface area contributed by atoms with Gasteiger partial charge in [0.25, 0.3) is 0 Å². The molecule has 46 heavy (non-hydrogen) atoms. The predicted octanol–water partition coefficient (Wildman–Crippen LogP) is 9.37. The van der Waals surface area contributed by atoms with Crippen molar-refractivity contribution in [3.05, 3.63) is 107 Å². The minimum atomic E-state index is -0.308. The largest absolute Gasteiger partial charge is 0.458 e. The molecule has 0 aliphatic heterocycles. The molecule has 7 rings (SSSR count). The van der Waals surface area contributed by atoms with Gasteiger partial charge in [-0.15, -0.1) is 0 Å². The zero-order valence-corrected chi connectivity index (χ0v) is 28.4. The number of fused-ring (bicyclic) bond motifs is 4. The van der Waals surface area contributed by atoms with Crippen LogP contribution in [-0.4, -0.2) is 24.1 Å². The van der Waals surface area contributed by atoms with E-state index in [-0.39, 0.29) is 57.6 Å². The van der Waals surface area contributed by atoms with E-state index in [0.29, 0.717) is 23.0 Å². The molecule has 8 atom stereocenters. The number of hydrogen-bond acceptors (Lipinski definition) is 4. The molecule has 242 valence electrons. The molecule has 0 radical (unpaired) electrons. The van der Waals surface area contributed by atoms with Crippen LogP contribution in [0.4, 0.5) is 0 Å². The molecule has 0 spiro atoms. The molecule has 3 aromatic rings. The Hall–Kier alpha value is -3.40. The Morgan fingerprint density at radius 2 is 0.913 bits per heavy atom. The first kappa shape index (κ1) is 31.2. The summed E-state index contributed by atoms with van der Waals surface area (Å²) in [5, 5.41) is 0. The molecule has 4 aliphatic rings. The van der Waals surface area contributed by atoms with Gasteiger partial charge in [-0.2, -0.15) is 0 Å². The fourth-order valence-corrected chi connectivity index (χ4v) is 10.8. The van der Waals surface area contributed by atoms with Crippen molar-refractivity contribution in [2.75, 3.05) is 0 Å². The zero-order valence-electron chi connectivity index (χ0n) is 28.4. The van der Waals surface area contributed by atoms with Crippen molar-refractivity contribution in [1.82, 2.24) is 0 Å². The van der Waals surface area contributed by atoms with E-state index in [2.05, 4.69) is 102 Å². The molecule has 0 unspecified atom stereocenters. The van der Waals surface area contributed by atoms with Gasteiger partial charge in [0.1, 0.15) is 12.2 Å². The van der Waals surface area contributed by atoms with Crippen LogP contribution in [-0.2, 0) is 22.3 Å². The second-order valence-electron chi connectivity index (χ2n) is 16.5. The number of rotatable bonds is 8. The van der Waals surface area contributed by atoms with E-state index in [0.717, 1.165) is 25.7 Å². The minimum Gasteiger partial charge on any atom is -0.458 e. The van der Waals surface area contributed by atoms with Crippen LogP contribution >= 0.6 is 0 Å². The number of ether oxygens (including phenoxy) is 2. The van der Waals surface area contributed by atoms with E-state index >= 15 is 0 Å². The van der Waals surface area contributed by atoms with Crippen LogP contribution in [0.1, 0.15) is 99.1 Å². The molecule has 0 amide bonds. The molecular formula is C42H50O4. The summed E-state index contributed by atoms with van der Waals surface area (Å²) < 4.78 is 12.9. The molecule has 4 aliphatic carbocycles. The van der Waals surface area contributed by atoms with Crippen molar-refractivity contribution in [3.63, 3.8) is 0 Å². The fourth-order valence-electron chi connectivity index (χ4n) is 10.8. The van der Waals surface area contributed by atoms with Crippen molar-refractivity contribution < 1.29 is 19.1 Å². The maximum atomic E-state index is 13.7. The zero-order chi connectivity index (χ0) is 32.5. The van der Waals surface area contributed by atoms with Crippen molar-refractivity contribution in [3.8, 4) is 0 Å². The highest BCUT2D eigenvalue weighted by molar-refractivity contribution is 5.93. The van der Waals surface area contributed by atoms with Crippen LogP contribution in [0.15, 0.2) is 84.9 Å². The molecule has 3 aromatic carbocycles. The maximum Gasteiger partial charge on any atom is 0.338 e. The third-order valence-electron chi connectivity index (χ3n) is 14.3. The summed E-state index contributed by atoms with van der Waals surface area (Å²) in [5.41, 5.74) is 3.59. The molecule has 4 heteroatoms. The van der Waals surface area contributed by atoms with Crippen molar-refractivity contribution in [1.29, 1.82) is 0 Å². The highest BCUT2D eigenvalue weighted by Gasteiger charge is 2.68. The summed E-state index contributed by atoms with van der Waals surface area (Å²) in [7, 11) is 0. The highest BCUT2D eigenvalue weighted by atomic mass is 16.6. The Balaban J connectivity index is 1.07. The second kappa shape index (κ2) is 11.1. The average Bonchev–Trinajstić information content (AvgIpc) is 3.54. The number of hydrogen-bond donors (Lipinski definition) is 0. The predicted molar refractivity (Wildman–Crippen MR) is 181 cm³/mol. The van der Waals surface area contributed by atoms with Crippen LogP contribution < -0.4 is 0 Å². The molecule has 0 heterocycles. The maximum absolute atomic E-state index is 13.7. The van der Waals surface area contributed by atoms with Crippen molar-refractivity contribution >= 4 is 11.9 Å². The molecule has 0 aromatic heterocycles. The third kappa shape index (κ3) is 4.68. The van der Waals surface area contributed by atoms with Gasteiger partial charge in [0.2, 0.25) is 0 Å². The van der Waals surface area contributed by atoms with Gasteiger partial charge in [0, 0.05) is 22.7 Å². The highest BCUT2D eigenvalue weighted by Crippen LogP contribution is 2.70. The topological polar surface area (TPSA) is 52.6 Å². The van der Waals surface area contributed by atoms with E-state index in [1.54, 1.807) is 24.3 Å². The standard InChI is InChI=1S/C42H50O4/c1-39(2)33-21-23-41(39,5)35(31(33)25-27-13-9-7-10-14-27)45-37(43)29-17-19-30(20-18-29)38(44)46-36-32(26-28-15-11-8-12-16-28)34-22-24-42(36,6)40(34,3)4/h7-20,31-36H,21-26H2,1-6H3/t31-,32-,33+,34+,35-,36-,41-,42-/m1/s1. The van der Waals surface area contributed by atoms with Gasteiger partial charge < -0.3 is 9.47 Å². The number of carbonyl (C=O) groups is 2. The number of esters is 2. The first-order valence-electron chi connectivity index (χ1n) is 17.5. The molecule has 4 saturated carbocycles. The Morgan fingerprint density at radius 3 is 1.26 bits per heavy atom. The lowest BCUT2D eigenvalue weighted by Gasteiger charge is -2.39. The monoisotopic (exact) mass is 618 g/mol. The first-order valence-corrected chi connectivity index (χ1v) is 17.5. The molecule has 4 bridgehead atoms. The second-order valence-corrected chi connectivity index (χ2v) is 16.5. The lowest BCUT2D eigenvalue weighted by molar-refractivity contribution is -0.0417. The number of benzene rings is 3. The Bertz CT molecular complexity index is 1470.